The van der Waals surface area contributed by atoms with Crippen molar-refractivity contribution < 1.29 is 18.0 Å². The number of Topliss-reactive ketones (excluding diaryl/α,β-unsaturated/α-hetero) is 1. The number of rotatable bonds is 1. The number of nitrogens with zero attached hydrogens (tertiary/aromatic N) is 2. The first kappa shape index (κ1) is 11.3. The number of carbonyl (C=O) groups excluding carboxylic acids is 1. The highest BCUT2D eigenvalue weighted by Gasteiger charge is 2.37. The molecule has 0 radical (unpaired) electrons. The van der Waals surface area contributed by atoms with Crippen molar-refractivity contribution in [3.05, 3.63) is 22.7 Å². The lowest BCUT2D eigenvalue weighted by Gasteiger charge is -2.23. The monoisotopic (exact) mass is 250 g/mol. The summed E-state index contributed by atoms with van der Waals surface area (Å²) in [6, 6.07) is 1.27. The molecule has 1 aliphatic carbocycles. The molecule has 3 nitrogen and oxygen atoms in total. The number of alkyl halides is 3. The van der Waals surface area contributed by atoms with Crippen LogP contribution < -0.4 is 0 Å². The van der Waals surface area contributed by atoms with Crippen molar-refractivity contribution in [3.8, 4) is 0 Å². The Balaban J connectivity index is 2.33. The van der Waals surface area contributed by atoms with Gasteiger partial charge in [0.2, 0.25) is 5.82 Å². The lowest BCUT2D eigenvalue weighted by Crippen LogP contribution is -2.23. The van der Waals surface area contributed by atoms with Crippen LogP contribution in [0.1, 0.15) is 30.3 Å². The molecule has 0 amide bonds. The summed E-state index contributed by atoms with van der Waals surface area (Å²) >= 11 is 5.48. The Hall–Kier alpha value is -1.17. The average Bonchev–Trinajstić information content (AvgIpc) is 2.10. The lowest BCUT2D eigenvalue weighted by molar-refractivity contribution is -0.145. The maximum atomic E-state index is 12.4. The van der Waals surface area contributed by atoms with Crippen molar-refractivity contribution >= 4 is 17.4 Å². The molecule has 0 bridgehead atoms. The van der Waals surface area contributed by atoms with E-state index in [4.69, 9.17) is 11.6 Å². The van der Waals surface area contributed by atoms with E-state index in [2.05, 4.69) is 9.97 Å². The van der Waals surface area contributed by atoms with Gasteiger partial charge in [-0.15, -0.1) is 0 Å². The third kappa shape index (κ3) is 2.16. The molecule has 1 aromatic heterocycles. The van der Waals surface area contributed by atoms with Gasteiger partial charge in [-0.3, -0.25) is 4.79 Å². The fourth-order valence-electron chi connectivity index (χ4n) is 1.47. The smallest absolute Gasteiger partial charge is 0.300 e. The van der Waals surface area contributed by atoms with Crippen LogP contribution in [-0.2, 0) is 11.0 Å². The predicted molar refractivity (Wildman–Crippen MR) is 49.0 cm³/mol. The Bertz CT molecular complexity index is 439. The van der Waals surface area contributed by atoms with Crippen LogP contribution in [0, 0.1) is 0 Å². The van der Waals surface area contributed by atoms with Crippen LogP contribution in [0.3, 0.4) is 0 Å². The van der Waals surface area contributed by atoms with E-state index < -0.39 is 12.0 Å². The van der Waals surface area contributed by atoms with Gasteiger partial charge in [0.25, 0.3) is 0 Å². The molecule has 2 rings (SSSR count). The summed E-state index contributed by atoms with van der Waals surface area (Å²) in [7, 11) is 0. The summed E-state index contributed by atoms with van der Waals surface area (Å²) in [5.41, 5.74) is 0.187. The van der Waals surface area contributed by atoms with Crippen LogP contribution in [0.15, 0.2) is 6.07 Å². The van der Waals surface area contributed by atoms with Crippen molar-refractivity contribution in [2.75, 3.05) is 0 Å². The Morgan fingerprint density at radius 2 is 1.94 bits per heavy atom. The highest BCUT2D eigenvalue weighted by molar-refractivity contribution is 6.29. The summed E-state index contributed by atoms with van der Waals surface area (Å²) in [5.74, 6) is -1.49. The zero-order valence-corrected chi connectivity index (χ0v) is 8.64. The topological polar surface area (TPSA) is 42.9 Å². The molecular weight excluding hydrogens is 245 g/mol. The van der Waals surface area contributed by atoms with Gasteiger partial charge in [-0.05, 0) is 6.07 Å². The minimum Gasteiger partial charge on any atom is -0.300 e. The van der Waals surface area contributed by atoms with Crippen molar-refractivity contribution in [2.24, 2.45) is 0 Å². The Morgan fingerprint density at radius 3 is 2.44 bits per heavy atom. The molecule has 0 unspecified atom stereocenters. The third-order valence-corrected chi connectivity index (χ3v) is 2.53. The van der Waals surface area contributed by atoms with Gasteiger partial charge in [-0.1, -0.05) is 11.6 Å². The maximum absolute atomic E-state index is 12.4. The van der Waals surface area contributed by atoms with Crippen LogP contribution in [0.25, 0.3) is 0 Å². The van der Waals surface area contributed by atoms with Gasteiger partial charge in [0.15, 0.2) is 0 Å². The standard InChI is InChI=1S/C9H6ClF3N2O/c10-7-3-6(4-1-5(16)2-4)14-8(15-7)9(11,12)13/h3-4H,1-2H2. The Labute approximate surface area is 93.7 Å². The van der Waals surface area contributed by atoms with Gasteiger partial charge in [-0.25, -0.2) is 9.97 Å². The zero-order chi connectivity index (χ0) is 11.9. The minimum absolute atomic E-state index is 0.0216. The molecular formula is C9H6ClF3N2O. The Morgan fingerprint density at radius 1 is 1.31 bits per heavy atom. The molecule has 1 saturated carbocycles. The van der Waals surface area contributed by atoms with Crippen molar-refractivity contribution in [1.82, 2.24) is 9.97 Å². The van der Waals surface area contributed by atoms with Gasteiger partial charge < -0.3 is 0 Å². The Kier molecular flexibility index (Phi) is 2.61. The molecule has 16 heavy (non-hydrogen) atoms. The van der Waals surface area contributed by atoms with E-state index in [1.54, 1.807) is 0 Å². The number of ketones is 1. The van der Waals surface area contributed by atoms with Gasteiger partial charge in [0.05, 0.1) is 0 Å². The number of hydrogen-bond donors (Lipinski definition) is 0. The average molecular weight is 251 g/mol. The molecule has 1 fully saturated rings. The van der Waals surface area contributed by atoms with E-state index in [9.17, 15) is 18.0 Å². The van der Waals surface area contributed by atoms with Crippen LogP contribution in [-0.4, -0.2) is 15.8 Å². The van der Waals surface area contributed by atoms with Crippen LogP contribution in [0.5, 0.6) is 0 Å². The van der Waals surface area contributed by atoms with E-state index in [-0.39, 0.29) is 35.4 Å². The molecule has 0 aliphatic heterocycles. The summed E-state index contributed by atoms with van der Waals surface area (Å²) in [4.78, 5) is 17.2. The molecule has 0 saturated heterocycles. The van der Waals surface area contributed by atoms with Crippen molar-refractivity contribution in [2.45, 2.75) is 24.9 Å². The fraction of sp³-hybridized carbons (Fsp3) is 0.444. The van der Waals surface area contributed by atoms with Crippen LogP contribution in [0.2, 0.25) is 5.15 Å². The first-order valence-electron chi connectivity index (χ1n) is 4.49. The second kappa shape index (κ2) is 3.69. The first-order chi connectivity index (χ1) is 7.36. The molecule has 1 heterocycles. The summed E-state index contributed by atoms with van der Waals surface area (Å²) < 4.78 is 37.1. The number of halogens is 4. The molecule has 0 aromatic carbocycles. The quantitative estimate of drug-likeness (QED) is 0.720. The zero-order valence-electron chi connectivity index (χ0n) is 7.88. The largest absolute Gasteiger partial charge is 0.451 e. The molecule has 86 valence electrons. The van der Waals surface area contributed by atoms with Crippen LogP contribution >= 0.6 is 11.6 Å². The molecule has 0 spiro atoms. The summed E-state index contributed by atoms with van der Waals surface area (Å²) in [6.45, 7) is 0. The lowest BCUT2D eigenvalue weighted by atomic mass is 9.81. The maximum Gasteiger partial charge on any atom is 0.451 e. The molecule has 0 atom stereocenters. The summed E-state index contributed by atoms with van der Waals surface area (Å²) in [5, 5.41) is -0.253. The molecule has 0 N–H and O–H groups in total. The van der Waals surface area contributed by atoms with Crippen molar-refractivity contribution in [3.63, 3.8) is 0 Å². The van der Waals surface area contributed by atoms with Gasteiger partial charge >= 0.3 is 6.18 Å². The second-order valence-corrected chi connectivity index (χ2v) is 3.97. The number of hydrogen-bond acceptors (Lipinski definition) is 3. The van der Waals surface area contributed by atoms with E-state index in [0.717, 1.165) is 0 Å². The molecule has 1 aliphatic rings. The number of carbonyl (C=O) groups is 1. The van der Waals surface area contributed by atoms with Crippen molar-refractivity contribution in [1.29, 1.82) is 0 Å². The first-order valence-corrected chi connectivity index (χ1v) is 4.87. The second-order valence-electron chi connectivity index (χ2n) is 3.58. The minimum atomic E-state index is -4.62. The summed E-state index contributed by atoms with van der Waals surface area (Å²) in [6.07, 6.45) is -4.16. The fourth-order valence-corrected chi connectivity index (χ4v) is 1.66. The van der Waals surface area contributed by atoms with Gasteiger partial charge in [-0.2, -0.15) is 13.2 Å². The molecule has 7 heteroatoms. The number of aromatic nitrogens is 2. The van der Waals surface area contributed by atoms with Gasteiger partial charge in [0.1, 0.15) is 10.9 Å². The van der Waals surface area contributed by atoms with E-state index in [1.165, 1.54) is 6.07 Å². The highest BCUT2D eigenvalue weighted by Crippen LogP contribution is 2.35. The predicted octanol–water partition coefficient (Wildman–Crippen LogP) is 2.60. The van der Waals surface area contributed by atoms with E-state index >= 15 is 0 Å². The third-order valence-electron chi connectivity index (χ3n) is 2.33. The molecule has 1 aromatic rings. The highest BCUT2D eigenvalue weighted by atomic mass is 35.5. The van der Waals surface area contributed by atoms with E-state index in [0.29, 0.717) is 0 Å². The normalized spacial score (nSPS) is 17.4. The van der Waals surface area contributed by atoms with Crippen LogP contribution in [0.4, 0.5) is 13.2 Å². The SMILES string of the molecule is O=C1CC(c2cc(Cl)nc(C(F)(F)F)n2)C1. The van der Waals surface area contributed by atoms with Gasteiger partial charge in [0, 0.05) is 24.5 Å². The van der Waals surface area contributed by atoms with E-state index in [1.807, 2.05) is 0 Å².